The van der Waals surface area contributed by atoms with Gasteiger partial charge in [0.1, 0.15) is 0 Å². The molecule has 1 unspecified atom stereocenters. The van der Waals surface area contributed by atoms with Crippen molar-refractivity contribution in [1.29, 1.82) is 0 Å². The second-order valence-electron chi connectivity index (χ2n) is 4.51. The van der Waals surface area contributed by atoms with Gasteiger partial charge < -0.3 is 0 Å². The molecule has 0 bridgehead atoms. The van der Waals surface area contributed by atoms with Crippen molar-refractivity contribution in [2.75, 3.05) is 4.93 Å². The zero-order valence-electron chi connectivity index (χ0n) is 11.2. The standard InChI is InChI=1S/C15H12FIN3O/c1-17-15(19-21)10-2-7-14-11(8-10)9-18-20(14)13-5-3-12(16)4-6-13/h2-9,15H,1H3/q-1. The predicted molar refractivity (Wildman–Crippen MR) is 75.5 cm³/mol. The molecule has 0 radical (unpaired) electrons. The third-order valence-electron chi connectivity index (χ3n) is 3.24. The van der Waals surface area contributed by atoms with Crippen molar-refractivity contribution in [3.05, 3.63) is 64.9 Å². The summed E-state index contributed by atoms with van der Waals surface area (Å²) in [6.07, 6.45) is 1.75. The Hall–Kier alpha value is -1.83. The third-order valence-corrected chi connectivity index (χ3v) is 5.36. The van der Waals surface area contributed by atoms with Crippen LogP contribution in [0.25, 0.3) is 16.6 Å². The van der Waals surface area contributed by atoms with Gasteiger partial charge in [0.2, 0.25) is 0 Å². The molecule has 21 heavy (non-hydrogen) atoms. The molecular formula is C15H12FIN3O-. The number of hydrogen-bond donors (Lipinski definition) is 0. The first-order valence-electron chi connectivity index (χ1n) is 6.27. The van der Waals surface area contributed by atoms with E-state index in [0.717, 1.165) is 22.2 Å². The first-order chi connectivity index (χ1) is 10.2. The molecule has 0 saturated heterocycles. The van der Waals surface area contributed by atoms with Crippen LogP contribution < -0.4 is 21.2 Å². The Labute approximate surface area is 131 Å². The van der Waals surface area contributed by atoms with Crippen molar-refractivity contribution in [3.8, 4) is 5.69 Å². The fourth-order valence-corrected chi connectivity index (χ4v) is 3.55. The first-order valence-corrected chi connectivity index (χ1v) is 9.67. The van der Waals surface area contributed by atoms with Crippen LogP contribution in [0.2, 0.25) is 0 Å². The van der Waals surface area contributed by atoms with Crippen molar-refractivity contribution >= 4 is 10.9 Å². The van der Waals surface area contributed by atoms with Gasteiger partial charge in [-0.25, -0.2) is 0 Å². The molecule has 4 nitrogen and oxygen atoms in total. The average molecular weight is 396 g/mol. The van der Waals surface area contributed by atoms with E-state index in [2.05, 4.69) is 10.3 Å². The van der Waals surface area contributed by atoms with Crippen LogP contribution in [-0.2, 0) is 0 Å². The molecule has 108 valence electrons. The van der Waals surface area contributed by atoms with Crippen LogP contribution in [0.15, 0.2) is 53.8 Å². The molecule has 6 heteroatoms. The van der Waals surface area contributed by atoms with Gasteiger partial charge in [0.15, 0.2) is 0 Å². The second-order valence-corrected chi connectivity index (χ2v) is 6.94. The van der Waals surface area contributed by atoms with E-state index < -0.39 is 0 Å². The predicted octanol–water partition coefficient (Wildman–Crippen LogP) is 0.648. The Kier molecular flexibility index (Phi) is 3.96. The second kappa shape index (κ2) is 5.88. The van der Waals surface area contributed by atoms with E-state index in [1.807, 2.05) is 23.1 Å². The monoisotopic (exact) mass is 396 g/mol. The van der Waals surface area contributed by atoms with Crippen LogP contribution in [0, 0.1) is 10.7 Å². The normalized spacial score (nSPS) is 12.7. The zero-order chi connectivity index (χ0) is 14.8. The summed E-state index contributed by atoms with van der Waals surface area (Å²) in [5.41, 5.74) is 2.66. The number of rotatable bonds is 4. The topological polar surface area (TPSA) is 47.2 Å². The van der Waals surface area contributed by atoms with E-state index in [9.17, 15) is 9.30 Å². The summed E-state index contributed by atoms with van der Waals surface area (Å²) in [6.45, 7) is 0. The van der Waals surface area contributed by atoms with Crippen LogP contribution in [0.5, 0.6) is 0 Å². The van der Waals surface area contributed by atoms with Gasteiger partial charge in [0, 0.05) is 0 Å². The Morgan fingerprint density at radius 2 is 2.00 bits per heavy atom. The Bertz CT molecular complexity index is 785. The van der Waals surface area contributed by atoms with Gasteiger partial charge in [-0.2, -0.15) is 0 Å². The van der Waals surface area contributed by atoms with Crippen molar-refractivity contribution in [2.24, 2.45) is 5.18 Å². The molecule has 0 saturated carbocycles. The SMILES string of the molecule is C[I-]C(N=O)c1ccc2c(cnn2-c2ccc(F)cc2)c1. The molecule has 0 spiro atoms. The molecular weight excluding hydrogens is 384 g/mol. The number of hydrogen-bond acceptors (Lipinski definition) is 3. The molecule has 0 aliphatic heterocycles. The van der Waals surface area contributed by atoms with Crippen LogP contribution in [0.3, 0.4) is 0 Å². The number of halogens is 2. The molecule has 0 amide bonds. The van der Waals surface area contributed by atoms with Gasteiger partial charge in [0.05, 0.1) is 0 Å². The summed E-state index contributed by atoms with van der Waals surface area (Å²) >= 11 is -0.283. The molecule has 2 aromatic carbocycles. The third kappa shape index (κ3) is 2.67. The Balaban J connectivity index is 2.07. The van der Waals surface area contributed by atoms with Crippen LogP contribution >= 0.6 is 0 Å². The molecule has 0 aliphatic rings. The number of nitroso groups, excluding NO2 is 1. The summed E-state index contributed by atoms with van der Waals surface area (Å²) < 4.78 is 14.5. The van der Waals surface area contributed by atoms with E-state index in [0.29, 0.717) is 0 Å². The molecule has 0 fully saturated rings. The van der Waals surface area contributed by atoms with Crippen molar-refractivity contribution in [3.63, 3.8) is 0 Å². The number of alkyl halides is 2. The van der Waals surface area contributed by atoms with Crippen LogP contribution in [-0.4, -0.2) is 14.7 Å². The summed E-state index contributed by atoms with van der Waals surface area (Å²) in [4.78, 5) is 12.9. The van der Waals surface area contributed by atoms with Crippen molar-refractivity contribution < 1.29 is 25.6 Å². The number of nitrogens with zero attached hydrogens (tertiary/aromatic N) is 3. The summed E-state index contributed by atoms with van der Waals surface area (Å²) in [5, 5.41) is 8.48. The Morgan fingerprint density at radius 3 is 2.67 bits per heavy atom. The minimum absolute atomic E-state index is 0.220. The minimum atomic E-state index is -0.283. The van der Waals surface area contributed by atoms with Gasteiger partial charge in [-0.05, 0) is 0 Å². The summed E-state index contributed by atoms with van der Waals surface area (Å²) in [5.74, 6) is -0.274. The average Bonchev–Trinajstić information content (AvgIpc) is 2.92. The van der Waals surface area contributed by atoms with Gasteiger partial charge in [-0.1, -0.05) is 0 Å². The maximum atomic E-state index is 13.0. The number of benzene rings is 2. The molecule has 3 aromatic rings. The van der Waals surface area contributed by atoms with Gasteiger partial charge >= 0.3 is 131 Å². The first kappa shape index (κ1) is 14.1. The van der Waals surface area contributed by atoms with Gasteiger partial charge in [-0.15, -0.1) is 0 Å². The molecule has 0 aliphatic carbocycles. The molecule has 1 aromatic heterocycles. The van der Waals surface area contributed by atoms with Crippen molar-refractivity contribution in [2.45, 2.75) is 4.05 Å². The molecule has 1 heterocycles. The fraction of sp³-hybridized carbons (Fsp3) is 0.133. The number of aromatic nitrogens is 2. The van der Waals surface area contributed by atoms with Gasteiger partial charge in [0.25, 0.3) is 0 Å². The molecule has 3 rings (SSSR count). The zero-order valence-corrected chi connectivity index (χ0v) is 13.4. The van der Waals surface area contributed by atoms with E-state index >= 15 is 0 Å². The van der Waals surface area contributed by atoms with E-state index in [1.54, 1.807) is 23.0 Å². The van der Waals surface area contributed by atoms with Crippen LogP contribution in [0.4, 0.5) is 4.39 Å². The summed E-state index contributed by atoms with van der Waals surface area (Å²) in [7, 11) is 0. The Morgan fingerprint density at radius 1 is 1.24 bits per heavy atom. The van der Waals surface area contributed by atoms with Crippen molar-refractivity contribution in [1.82, 2.24) is 9.78 Å². The maximum absolute atomic E-state index is 13.0. The van der Waals surface area contributed by atoms with Gasteiger partial charge in [-0.3, -0.25) is 0 Å². The molecule has 0 N–H and O–H groups in total. The fourth-order valence-electron chi connectivity index (χ4n) is 2.21. The van der Waals surface area contributed by atoms with E-state index in [-0.39, 0.29) is 31.1 Å². The quantitative estimate of drug-likeness (QED) is 0.282. The van der Waals surface area contributed by atoms with E-state index in [1.165, 1.54) is 12.1 Å². The number of fused-ring (bicyclic) bond motifs is 1. The van der Waals surface area contributed by atoms with Crippen LogP contribution in [0.1, 0.15) is 9.61 Å². The summed E-state index contributed by atoms with van der Waals surface area (Å²) in [6, 6.07) is 12.0. The molecule has 1 atom stereocenters. The van der Waals surface area contributed by atoms with E-state index in [4.69, 9.17) is 0 Å².